The van der Waals surface area contributed by atoms with Crippen molar-refractivity contribution in [3.8, 4) is 0 Å². The number of hydrogen-bond acceptors (Lipinski definition) is 2. The molecule has 2 nitrogen and oxygen atoms in total. The van der Waals surface area contributed by atoms with E-state index >= 15 is 0 Å². The maximum atomic E-state index is 10.8. The largest absolute Gasteiger partial charge is 0.469 e. The molecule has 0 aliphatic rings. The van der Waals surface area contributed by atoms with Crippen molar-refractivity contribution in [2.45, 2.75) is 39.0 Å². The molecule has 0 unspecified atom stereocenters. The second kappa shape index (κ2) is 6.89. The van der Waals surface area contributed by atoms with Crippen LogP contribution >= 0.6 is 0 Å². The Kier molecular flexibility index (Phi) is 6.44. The predicted molar refractivity (Wildman–Crippen MR) is 49.9 cm³/mol. The summed E-state index contributed by atoms with van der Waals surface area (Å²) in [4.78, 5) is 10.8. The van der Waals surface area contributed by atoms with Gasteiger partial charge in [0.1, 0.15) is 0 Å². The minimum atomic E-state index is -0.184. The molecule has 0 saturated heterocycles. The number of carbonyl (C=O) groups is 1. The molecular weight excluding hydrogens is 152 g/mol. The van der Waals surface area contributed by atoms with Gasteiger partial charge in [0.2, 0.25) is 0 Å². The molecule has 0 N–H and O–H groups in total. The van der Waals surface area contributed by atoms with Crippen molar-refractivity contribution in [3.63, 3.8) is 0 Å². The molecule has 0 atom stereocenters. The van der Waals surface area contributed by atoms with Gasteiger partial charge in [0.05, 0.1) is 13.5 Å². The predicted octanol–water partition coefficient (Wildman–Crippen LogP) is 2.69. The van der Waals surface area contributed by atoms with Gasteiger partial charge in [-0.3, -0.25) is 4.79 Å². The van der Waals surface area contributed by atoms with Crippen molar-refractivity contribution in [2.75, 3.05) is 7.11 Å². The fraction of sp³-hybridized carbons (Fsp3) is 0.700. The summed E-state index contributed by atoms with van der Waals surface area (Å²) in [5.74, 6) is -0.184. The third-order valence-electron chi connectivity index (χ3n) is 1.76. The average Bonchev–Trinajstić information content (AvgIpc) is 2.05. The molecule has 12 heavy (non-hydrogen) atoms. The highest BCUT2D eigenvalue weighted by molar-refractivity contribution is 5.71. The lowest BCUT2D eigenvalue weighted by molar-refractivity contribution is -0.139. The molecule has 0 spiro atoms. The van der Waals surface area contributed by atoms with E-state index in [0.29, 0.717) is 6.42 Å². The number of rotatable bonds is 6. The van der Waals surface area contributed by atoms with Crippen LogP contribution in [0.2, 0.25) is 0 Å². The summed E-state index contributed by atoms with van der Waals surface area (Å²) < 4.78 is 4.53. The molecule has 0 amide bonds. The SMILES string of the molecule is C=C(CCCCC)CC(=O)OC. The van der Waals surface area contributed by atoms with Gasteiger partial charge < -0.3 is 4.74 Å². The summed E-state index contributed by atoms with van der Waals surface area (Å²) in [6.07, 6.45) is 4.86. The lowest BCUT2D eigenvalue weighted by atomic mass is 10.1. The Morgan fingerprint density at radius 3 is 2.58 bits per heavy atom. The van der Waals surface area contributed by atoms with Crippen molar-refractivity contribution >= 4 is 5.97 Å². The number of esters is 1. The summed E-state index contributed by atoms with van der Waals surface area (Å²) >= 11 is 0. The minimum Gasteiger partial charge on any atom is -0.469 e. The van der Waals surface area contributed by atoms with Gasteiger partial charge in [0.25, 0.3) is 0 Å². The van der Waals surface area contributed by atoms with Crippen LogP contribution in [-0.4, -0.2) is 13.1 Å². The van der Waals surface area contributed by atoms with E-state index in [4.69, 9.17) is 0 Å². The molecule has 70 valence electrons. The zero-order valence-electron chi connectivity index (χ0n) is 8.06. The zero-order chi connectivity index (χ0) is 9.40. The average molecular weight is 170 g/mol. The van der Waals surface area contributed by atoms with Crippen molar-refractivity contribution < 1.29 is 9.53 Å². The van der Waals surface area contributed by atoms with Crippen LogP contribution in [0.25, 0.3) is 0 Å². The van der Waals surface area contributed by atoms with Gasteiger partial charge in [0, 0.05) is 0 Å². The number of methoxy groups -OCH3 is 1. The van der Waals surface area contributed by atoms with Crippen LogP contribution in [0.5, 0.6) is 0 Å². The van der Waals surface area contributed by atoms with Crippen LogP contribution in [0.3, 0.4) is 0 Å². The number of carbonyl (C=O) groups excluding carboxylic acids is 1. The first-order chi connectivity index (χ1) is 5.70. The van der Waals surface area contributed by atoms with Crippen LogP contribution in [0.4, 0.5) is 0 Å². The van der Waals surface area contributed by atoms with Gasteiger partial charge in [0.15, 0.2) is 0 Å². The van der Waals surface area contributed by atoms with Crippen LogP contribution in [-0.2, 0) is 9.53 Å². The van der Waals surface area contributed by atoms with E-state index in [0.717, 1.165) is 18.4 Å². The van der Waals surface area contributed by atoms with Gasteiger partial charge in [-0.1, -0.05) is 31.9 Å². The summed E-state index contributed by atoms with van der Waals surface area (Å²) in [6.45, 7) is 5.97. The standard InChI is InChI=1S/C10H18O2/c1-4-5-6-7-9(2)8-10(11)12-3/h2,4-8H2,1,3H3. The molecule has 2 heteroatoms. The monoisotopic (exact) mass is 170 g/mol. The Balaban J connectivity index is 3.40. The second-order valence-corrected chi connectivity index (χ2v) is 2.96. The number of ether oxygens (including phenoxy) is 1. The van der Waals surface area contributed by atoms with Crippen molar-refractivity contribution in [3.05, 3.63) is 12.2 Å². The van der Waals surface area contributed by atoms with Crippen LogP contribution in [0, 0.1) is 0 Å². The summed E-state index contributed by atoms with van der Waals surface area (Å²) in [7, 11) is 1.40. The number of hydrogen-bond donors (Lipinski definition) is 0. The zero-order valence-corrected chi connectivity index (χ0v) is 8.06. The van der Waals surface area contributed by atoms with Crippen molar-refractivity contribution in [2.24, 2.45) is 0 Å². The highest BCUT2D eigenvalue weighted by atomic mass is 16.5. The molecule has 0 aromatic carbocycles. The molecular formula is C10H18O2. The van der Waals surface area contributed by atoms with Crippen LogP contribution in [0.1, 0.15) is 39.0 Å². The maximum absolute atomic E-state index is 10.8. The van der Waals surface area contributed by atoms with E-state index < -0.39 is 0 Å². The summed E-state index contributed by atoms with van der Waals surface area (Å²) in [6, 6.07) is 0. The van der Waals surface area contributed by atoms with Crippen molar-refractivity contribution in [1.82, 2.24) is 0 Å². The Morgan fingerprint density at radius 2 is 2.08 bits per heavy atom. The molecule has 0 aromatic rings. The first kappa shape index (κ1) is 11.2. The first-order valence-corrected chi connectivity index (χ1v) is 4.44. The van der Waals surface area contributed by atoms with E-state index in [1.165, 1.54) is 20.0 Å². The third-order valence-corrected chi connectivity index (χ3v) is 1.76. The molecule has 0 aliphatic carbocycles. The van der Waals surface area contributed by atoms with Gasteiger partial charge in [-0.15, -0.1) is 0 Å². The topological polar surface area (TPSA) is 26.3 Å². The molecule has 0 aliphatic heterocycles. The van der Waals surface area contributed by atoms with Crippen molar-refractivity contribution in [1.29, 1.82) is 0 Å². The van der Waals surface area contributed by atoms with E-state index in [-0.39, 0.29) is 5.97 Å². The highest BCUT2D eigenvalue weighted by Gasteiger charge is 2.02. The van der Waals surface area contributed by atoms with Gasteiger partial charge in [-0.25, -0.2) is 0 Å². The van der Waals surface area contributed by atoms with E-state index in [1.54, 1.807) is 0 Å². The third kappa shape index (κ3) is 5.96. The smallest absolute Gasteiger partial charge is 0.309 e. The molecule has 0 rings (SSSR count). The molecule has 0 heterocycles. The van der Waals surface area contributed by atoms with E-state index in [9.17, 15) is 4.79 Å². The lowest BCUT2D eigenvalue weighted by Gasteiger charge is -2.02. The molecule has 0 saturated carbocycles. The fourth-order valence-corrected chi connectivity index (χ4v) is 0.990. The minimum absolute atomic E-state index is 0.184. The Labute approximate surface area is 74.6 Å². The van der Waals surface area contributed by atoms with Crippen LogP contribution < -0.4 is 0 Å². The van der Waals surface area contributed by atoms with E-state index in [2.05, 4.69) is 18.2 Å². The normalized spacial score (nSPS) is 9.50. The van der Waals surface area contributed by atoms with Gasteiger partial charge in [-0.05, 0) is 12.8 Å². The highest BCUT2D eigenvalue weighted by Crippen LogP contribution is 2.10. The van der Waals surface area contributed by atoms with Gasteiger partial charge >= 0.3 is 5.97 Å². The Morgan fingerprint density at radius 1 is 1.42 bits per heavy atom. The molecule has 0 aromatic heterocycles. The van der Waals surface area contributed by atoms with E-state index in [1.807, 2.05) is 0 Å². The Bertz CT molecular complexity index is 150. The Hall–Kier alpha value is -0.790. The molecule has 0 bridgehead atoms. The second-order valence-electron chi connectivity index (χ2n) is 2.96. The molecule has 0 radical (unpaired) electrons. The van der Waals surface area contributed by atoms with Crippen LogP contribution in [0.15, 0.2) is 12.2 Å². The molecule has 0 fully saturated rings. The maximum Gasteiger partial charge on any atom is 0.309 e. The summed E-state index contributed by atoms with van der Waals surface area (Å²) in [5.41, 5.74) is 0.982. The quantitative estimate of drug-likeness (QED) is 0.348. The number of unbranched alkanes of at least 4 members (excludes halogenated alkanes) is 2. The lowest BCUT2D eigenvalue weighted by Crippen LogP contribution is -2.01. The summed E-state index contributed by atoms with van der Waals surface area (Å²) in [5, 5.41) is 0. The first-order valence-electron chi connectivity index (χ1n) is 4.44. The van der Waals surface area contributed by atoms with Gasteiger partial charge in [-0.2, -0.15) is 0 Å². The fourth-order valence-electron chi connectivity index (χ4n) is 0.990.